The van der Waals surface area contributed by atoms with E-state index < -0.39 is 0 Å². The van der Waals surface area contributed by atoms with Gasteiger partial charge in [0, 0.05) is 25.3 Å². The van der Waals surface area contributed by atoms with Crippen LogP contribution in [0.25, 0.3) is 0 Å². The van der Waals surface area contributed by atoms with Crippen molar-refractivity contribution in [2.45, 2.75) is 13.0 Å². The first-order chi connectivity index (χ1) is 10.3. The Hall–Kier alpha value is -2.00. The third-order valence-electron chi connectivity index (χ3n) is 4.14. The SMILES string of the molecule is COc1ccc(N2CCNCC2c2ccccc2)c(C)c1. The topological polar surface area (TPSA) is 24.5 Å². The summed E-state index contributed by atoms with van der Waals surface area (Å²) in [5, 5.41) is 3.51. The van der Waals surface area contributed by atoms with E-state index in [0.717, 1.165) is 25.4 Å². The first kappa shape index (κ1) is 14.0. The molecule has 1 N–H and O–H groups in total. The van der Waals surface area contributed by atoms with E-state index in [1.165, 1.54) is 16.8 Å². The van der Waals surface area contributed by atoms with Crippen molar-refractivity contribution in [3.05, 3.63) is 59.7 Å². The fourth-order valence-electron chi connectivity index (χ4n) is 3.04. The molecule has 21 heavy (non-hydrogen) atoms. The Balaban J connectivity index is 1.94. The van der Waals surface area contributed by atoms with Gasteiger partial charge in [-0.3, -0.25) is 0 Å². The van der Waals surface area contributed by atoms with Crippen LogP contribution in [-0.2, 0) is 0 Å². The zero-order valence-electron chi connectivity index (χ0n) is 12.7. The first-order valence-corrected chi connectivity index (χ1v) is 7.46. The average molecular weight is 282 g/mol. The van der Waals surface area contributed by atoms with Gasteiger partial charge in [0.15, 0.2) is 0 Å². The number of hydrogen-bond donors (Lipinski definition) is 1. The van der Waals surface area contributed by atoms with Crippen LogP contribution in [-0.4, -0.2) is 26.7 Å². The van der Waals surface area contributed by atoms with Gasteiger partial charge in [-0.25, -0.2) is 0 Å². The number of piperazine rings is 1. The molecule has 0 saturated carbocycles. The van der Waals surface area contributed by atoms with Crippen molar-refractivity contribution in [1.82, 2.24) is 5.32 Å². The van der Waals surface area contributed by atoms with Gasteiger partial charge in [-0.15, -0.1) is 0 Å². The largest absolute Gasteiger partial charge is 0.497 e. The third-order valence-corrected chi connectivity index (χ3v) is 4.14. The fraction of sp³-hybridized carbons (Fsp3) is 0.333. The second kappa shape index (κ2) is 6.19. The third kappa shape index (κ3) is 2.88. The number of methoxy groups -OCH3 is 1. The van der Waals surface area contributed by atoms with E-state index in [1.54, 1.807) is 7.11 Å². The minimum Gasteiger partial charge on any atom is -0.497 e. The molecule has 1 atom stereocenters. The normalized spacial score (nSPS) is 18.6. The molecule has 3 heteroatoms. The van der Waals surface area contributed by atoms with Gasteiger partial charge in [0.05, 0.1) is 13.2 Å². The van der Waals surface area contributed by atoms with Crippen LogP contribution in [0.5, 0.6) is 5.75 Å². The van der Waals surface area contributed by atoms with Crippen LogP contribution in [0.2, 0.25) is 0 Å². The summed E-state index contributed by atoms with van der Waals surface area (Å²) >= 11 is 0. The van der Waals surface area contributed by atoms with Crippen LogP contribution < -0.4 is 15.0 Å². The van der Waals surface area contributed by atoms with E-state index in [4.69, 9.17) is 4.74 Å². The van der Waals surface area contributed by atoms with Crippen molar-refractivity contribution in [2.75, 3.05) is 31.6 Å². The molecule has 0 aromatic heterocycles. The van der Waals surface area contributed by atoms with E-state index in [9.17, 15) is 0 Å². The Labute approximate surface area is 126 Å². The molecule has 1 saturated heterocycles. The Bertz CT molecular complexity index is 597. The lowest BCUT2D eigenvalue weighted by Crippen LogP contribution is -2.46. The zero-order chi connectivity index (χ0) is 14.7. The molecule has 1 aliphatic heterocycles. The molecule has 2 aromatic carbocycles. The molecule has 1 aliphatic rings. The highest BCUT2D eigenvalue weighted by molar-refractivity contribution is 5.57. The smallest absolute Gasteiger partial charge is 0.119 e. The van der Waals surface area contributed by atoms with E-state index in [-0.39, 0.29) is 0 Å². The van der Waals surface area contributed by atoms with Crippen molar-refractivity contribution >= 4 is 5.69 Å². The predicted octanol–water partition coefficient (Wildman–Crippen LogP) is 3.15. The van der Waals surface area contributed by atoms with E-state index in [2.05, 4.69) is 59.6 Å². The molecule has 1 heterocycles. The summed E-state index contributed by atoms with van der Waals surface area (Å²) in [6.07, 6.45) is 0. The molecule has 110 valence electrons. The average Bonchev–Trinajstić information content (AvgIpc) is 2.55. The van der Waals surface area contributed by atoms with Gasteiger partial charge in [0.1, 0.15) is 5.75 Å². The summed E-state index contributed by atoms with van der Waals surface area (Å²) in [5.74, 6) is 0.919. The Morgan fingerprint density at radius 3 is 2.67 bits per heavy atom. The number of benzene rings is 2. The predicted molar refractivity (Wildman–Crippen MR) is 87.1 cm³/mol. The van der Waals surface area contributed by atoms with Gasteiger partial charge in [-0.05, 0) is 36.2 Å². The number of hydrogen-bond acceptors (Lipinski definition) is 3. The molecule has 3 nitrogen and oxygen atoms in total. The molecule has 0 aliphatic carbocycles. The van der Waals surface area contributed by atoms with Crippen molar-refractivity contribution in [2.24, 2.45) is 0 Å². The zero-order valence-corrected chi connectivity index (χ0v) is 12.7. The number of rotatable bonds is 3. The van der Waals surface area contributed by atoms with Crippen molar-refractivity contribution in [3.8, 4) is 5.75 Å². The summed E-state index contributed by atoms with van der Waals surface area (Å²) in [6.45, 7) is 5.18. The summed E-state index contributed by atoms with van der Waals surface area (Å²) in [6, 6.07) is 17.4. The maximum atomic E-state index is 5.32. The van der Waals surface area contributed by atoms with E-state index in [0.29, 0.717) is 6.04 Å². The number of nitrogens with zero attached hydrogens (tertiary/aromatic N) is 1. The quantitative estimate of drug-likeness (QED) is 0.936. The summed E-state index contributed by atoms with van der Waals surface area (Å²) in [5.41, 5.74) is 3.92. The molecular formula is C18H22N2O. The Morgan fingerprint density at radius 1 is 1.14 bits per heavy atom. The van der Waals surface area contributed by atoms with E-state index >= 15 is 0 Å². The van der Waals surface area contributed by atoms with Crippen molar-refractivity contribution in [1.29, 1.82) is 0 Å². The number of ether oxygens (including phenoxy) is 1. The number of nitrogens with one attached hydrogen (secondary N) is 1. The van der Waals surface area contributed by atoms with Crippen LogP contribution in [0, 0.1) is 6.92 Å². The highest BCUT2D eigenvalue weighted by Gasteiger charge is 2.24. The molecule has 0 amide bonds. The van der Waals surface area contributed by atoms with Crippen molar-refractivity contribution < 1.29 is 4.74 Å². The maximum absolute atomic E-state index is 5.32. The van der Waals surface area contributed by atoms with Crippen molar-refractivity contribution in [3.63, 3.8) is 0 Å². The minimum absolute atomic E-state index is 0.382. The molecule has 1 fully saturated rings. The van der Waals surface area contributed by atoms with Crippen LogP contribution in [0.4, 0.5) is 5.69 Å². The lowest BCUT2D eigenvalue weighted by molar-refractivity contribution is 0.414. The van der Waals surface area contributed by atoms with Gasteiger partial charge in [-0.2, -0.15) is 0 Å². The summed E-state index contributed by atoms with van der Waals surface area (Å²) in [7, 11) is 1.71. The molecule has 0 spiro atoms. The van der Waals surface area contributed by atoms with Crippen LogP contribution in [0.3, 0.4) is 0 Å². The van der Waals surface area contributed by atoms with Gasteiger partial charge < -0.3 is 15.0 Å². The Morgan fingerprint density at radius 2 is 1.95 bits per heavy atom. The highest BCUT2D eigenvalue weighted by Crippen LogP contribution is 2.32. The molecule has 2 aromatic rings. The molecule has 3 rings (SSSR count). The van der Waals surface area contributed by atoms with Crippen LogP contribution in [0.15, 0.2) is 48.5 Å². The lowest BCUT2D eigenvalue weighted by Gasteiger charge is -2.39. The Kier molecular flexibility index (Phi) is 4.11. The van der Waals surface area contributed by atoms with E-state index in [1.807, 2.05) is 6.07 Å². The second-order valence-corrected chi connectivity index (χ2v) is 5.48. The van der Waals surface area contributed by atoms with Gasteiger partial charge in [0.2, 0.25) is 0 Å². The summed E-state index contributed by atoms with van der Waals surface area (Å²) in [4.78, 5) is 2.50. The fourth-order valence-corrected chi connectivity index (χ4v) is 3.04. The highest BCUT2D eigenvalue weighted by atomic mass is 16.5. The number of anilines is 1. The molecule has 0 bridgehead atoms. The van der Waals surface area contributed by atoms with Gasteiger partial charge in [-0.1, -0.05) is 30.3 Å². The van der Waals surface area contributed by atoms with Crippen LogP contribution in [0.1, 0.15) is 17.2 Å². The monoisotopic (exact) mass is 282 g/mol. The molecular weight excluding hydrogens is 260 g/mol. The van der Waals surface area contributed by atoms with Gasteiger partial charge in [0.25, 0.3) is 0 Å². The number of aryl methyl sites for hydroxylation is 1. The first-order valence-electron chi connectivity index (χ1n) is 7.46. The lowest BCUT2D eigenvalue weighted by atomic mass is 10.0. The standard InChI is InChI=1S/C18H22N2O/c1-14-12-16(21-2)8-9-17(14)20-11-10-19-13-18(20)15-6-4-3-5-7-15/h3-9,12,18-19H,10-11,13H2,1-2H3. The summed E-state index contributed by atoms with van der Waals surface area (Å²) < 4.78 is 5.32. The van der Waals surface area contributed by atoms with Crippen LogP contribution >= 0.6 is 0 Å². The van der Waals surface area contributed by atoms with Gasteiger partial charge >= 0.3 is 0 Å². The minimum atomic E-state index is 0.382. The molecule has 1 unspecified atom stereocenters. The maximum Gasteiger partial charge on any atom is 0.119 e. The molecule has 0 radical (unpaired) electrons. The second-order valence-electron chi connectivity index (χ2n) is 5.48.